The molecule has 0 spiro atoms. The Morgan fingerprint density at radius 1 is 1.08 bits per heavy atom. The molecule has 0 aromatic heterocycles. The Bertz CT molecular complexity index is 814. The maximum absolute atomic E-state index is 12.9. The Morgan fingerprint density at radius 2 is 1.76 bits per heavy atom. The first-order chi connectivity index (χ1) is 11.9. The van der Waals surface area contributed by atoms with Gasteiger partial charge in [0.25, 0.3) is 0 Å². The minimum Gasteiger partial charge on any atom is -0.495 e. The van der Waals surface area contributed by atoms with Gasteiger partial charge in [0.2, 0.25) is 11.8 Å². The summed E-state index contributed by atoms with van der Waals surface area (Å²) in [7, 11) is 1.54. The van der Waals surface area contributed by atoms with E-state index < -0.39 is 5.41 Å². The summed E-state index contributed by atoms with van der Waals surface area (Å²) in [6, 6.07) is 12.5. The van der Waals surface area contributed by atoms with Gasteiger partial charge < -0.3 is 15.4 Å². The predicted octanol–water partition coefficient (Wildman–Crippen LogP) is 3.98. The summed E-state index contributed by atoms with van der Waals surface area (Å²) in [6.45, 7) is 1.43. The third-order valence-electron chi connectivity index (χ3n) is 4.35. The second kappa shape index (κ2) is 6.76. The molecule has 1 fully saturated rings. The number of ether oxygens (including phenoxy) is 1. The van der Waals surface area contributed by atoms with Crippen LogP contribution >= 0.6 is 11.6 Å². The van der Waals surface area contributed by atoms with Gasteiger partial charge in [-0.05, 0) is 48.7 Å². The largest absolute Gasteiger partial charge is 0.495 e. The van der Waals surface area contributed by atoms with Crippen molar-refractivity contribution in [2.75, 3.05) is 17.7 Å². The van der Waals surface area contributed by atoms with Gasteiger partial charge in [-0.15, -0.1) is 0 Å². The number of rotatable bonds is 5. The molecule has 0 unspecified atom stereocenters. The summed E-state index contributed by atoms with van der Waals surface area (Å²) in [5.74, 6) is 0.268. The molecule has 2 aromatic carbocycles. The zero-order valence-corrected chi connectivity index (χ0v) is 14.8. The normalized spacial score (nSPS) is 14.5. The van der Waals surface area contributed by atoms with Gasteiger partial charge >= 0.3 is 0 Å². The molecule has 2 amide bonds. The number of amides is 2. The maximum Gasteiger partial charge on any atom is 0.235 e. The Hall–Kier alpha value is -2.53. The summed E-state index contributed by atoms with van der Waals surface area (Å²) in [5.41, 5.74) is 1.55. The van der Waals surface area contributed by atoms with Gasteiger partial charge in [-0.1, -0.05) is 23.7 Å². The number of nitrogens with one attached hydrogen (secondary N) is 2. The molecule has 130 valence electrons. The van der Waals surface area contributed by atoms with Gasteiger partial charge in [-0.25, -0.2) is 0 Å². The van der Waals surface area contributed by atoms with Crippen LogP contribution in [0, 0.1) is 0 Å². The van der Waals surface area contributed by atoms with Gasteiger partial charge in [0, 0.05) is 17.6 Å². The fraction of sp³-hybridized carbons (Fsp3) is 0.263. The highest BCUT2D eigenvalue weighted by molar-refractivity contribution is 6.30. The van der Waals surface area contributed by atoms with Crippen molar-refractivity contribution in [1.82, 2.24) is 0 Å². The third kappa shape index (κ3) is 3.61. The lowest BCUT2D eigenvalue weighted by Crippen LogP contribution is -2.28. The first-order valence-electron chi connectivity index (χ1n) is 7.98. The van der Waals surface area contributed by atoms with Crippen LogP contribution in [0.2, 0.25) is 5.02 Å². The van der Waals surface area contributed by atoms with E-state index in [1.54, 1.807) is 30.3 Å². The smallest absolute Gasteiger partial charge is 0.235 e. The molecular weight excluding hydrogens is 340 g/mol. The van der Waals surface area contributed by atoms with E-state index >= 15 is 0 Å². The lowest BCUT2D eigenvalue weighted by Gasteiger charge is -2.18. The number of carbonyl (C=O) groups is 2. The monoisotopic (exact) mass is 358 g/mol. The van der Waals surface area contributed by atoms with Gasteiger partial charge in [0.05, 0.1) is 18.2 Å². The van der Waals surface area contributed by atoms with Crippen molar-refractivity contribution in [3.05, 3.63) is 53.1 Å². The third-order valence-corrected chi connectivity index (χ3v) is 4.60. The van der Waals surface area contributed by atoms with Crippen molar-refractivity contribution in [2.24, 2.45) is 0 Å². The van der Waals surface area contributed by atoms with Crippen LogP contribution in [-0.4, -0.2) is 18.9 Å². The average Bonchev–Trinajstić information content (AvgIpc) is 3.37. The van der Waals surface area contributed by atoms with Crippen molar-refractivity contribution in [2.45, 2.75) is 25.2 Å². The van der Waals surface area contributed by atoms with E-state index in [2.05, 4.69) is 10.6 Å². The second-order valence-corrected chi connectivity index (χ2v) is 6.58. The number of benzene rings is 2. The number of anilines is 2. The number of methoxy groups -OCH3 is 1. The number of hydrogen-bond donors (Lipinski definition) is 2. The lowest BCUT2D eigenvalue weighted by atomic mass is 9.95. The van der Waals surface area contributed by atoms with Gasteiger partial charge in [0.15, 0.2) is 0 Å². The van der Waals surface area contributed by atoms with Gasteiger partial charge in [-0.2, -0.15) is 0 Å². The molecule has 2 aromatic rings. The van der Waals surface area contributed by atoms with Crippen LogP contribution in [0.1, 0.15) is 25.3 Å². The van der Waals surface area contributed by atoms with E-state index in [0.717, 1.165) is 18.4 Å². The molecule has 0 aliphatic heterocycles. The van der Waals surface area contributed by atoms with Crippen molar-refractivity contribution < 1.29 is 14.3 Å². The number of halogens is 1. The zero-order valence-electron chi connectivity index (χ0n) is 14.1. The molecule has 0 bridgehead atoms. The first kappa shape index (κ1) is 17.3. The van der Waals surface area contributed by atoms with E-state index in [1.165, 1.54) is 14.0 Å². The molecule has 5 nitrogen and oxygen atoms in total. The van der Waals surface area contributed by atoms with Crippen molar-refractivity contribution in [1.29, 1.82) is 0 Å². The fourth-order valence-electron chi connectivity index (χ4n) is 2.87. The molecule has 3 rings (SSSR count). The quantitative estimate of drug-likeness (QED) is 0.849. The second-order valence-electron chi connectivity index (χ2n) is 6.14. The van der Waals surface area contributed by atoms with Crippen LogP contribution < -0.4 is 15.4 Å². The molecule has 1 aliphatic carbocycles. The molecule has 25 heavy (non-hydrogen) atoms. The highest BCUT2D eigenvalue weighted by Crippen LogP contribution is 2.49. The Labute approximate surface area is 151 Å². The van der Waals surface area contributed by atoms with Gasteiger partial charge in [-0.3, -0.25) is 9.59 Å². The van der Waals surface area contributed by atoms with Crippen LogP contribution in [0.15, 0.2) is 42.5 Å². The topological polar surface area (TPSA) is 67.4 Å². The molecule has 1 aliphatic rings. The zero-order chi connectivity index (χ0) is 18.0. The van der Waals surface area contributed by atoms with Crippen LogP contribution in [-0.2, 0) is 15.0 Å². The molecule has 0 saturated heterocycles. The van der Waals surface area contributed by atoms with Crippen LogP contribution in [0.3, 0.4) is 0 Å². The van der Waals surface area contributed by atoms with Crippen molar-refractivity contribution in [3.8, 4) is 5.75 Å². The SMILES string of the molecule is COc1ccc(NC(C)=O)cc1NC(=O)C1(c2ccc(Cl)cc2)CC1. The Balaban J connectivity index is 1.85. The van der Waals surface area contributed by atoms with E-state index in [1.807, 2.05) is 12.1 Å². The molecular formula is C19H19ClN2O3. The summed E-state index contributed by atoms with van der Waals surface area (Å²) in [6.07, 6.45) is 1.57. The maximum atomic E-state index is 12.9. The predicted molar refractivity (Wildman–Crippen MR) is 98.3 cm³/mol. The van der Waals surface area contributed by atoms with E-state index in [0.29, 0.717) is 22.1 Å². The summed E-state index contributed by atoms with van der Waals surface area (Å²) in [4.78, 5) is 24.1. The number of carbonyl (C=O) groups excluding carboxylic acids is 2. The summed E-state index contributed by atoms with van der Waals surface area (Å²) < 4.78 is 5.32. The fourth-order valence-corrected chi connectivity index (χ4v) is 3.00. The molecule has 2 N–H and O–H groups in total. The minimum atomic E-state index is -0.528. The first-order valence-corrected chi connectivity index (χ1v) is 8.35. The highest BCUT2D eigenvalue weighted by atomic mass is 35.5. The number of hydrogen-bond acceptors (Lipinski definition) is 3. The molecule has 6 heteroatoms. The van der Waals surface area contributed by atoms with Crippen molar-refractivity contribution >= 4 is 34.8 Å². The minimum absolute atomic E-state index is 0.0897. The molecule has 0 radical (unpaired) electrons. The molecule has 0 atom stereocenters. The lowest BCUT2D eigenvalue weighted by molar-refractivity contribution is -0.118. The Kier molecular flexibility index (Phi) is 4.68. The van der Waals surface area contributed by atoms with Crippen molar-refractivity contribution in [3.63, 3.8) is 0 Å². The summed E-state index contributed by atoms with van der Waals surface area (Å²) >= 11 is 5.94. The van der Waals surface area contributed by atoms with Crippen LogP contribution in [0.5, 0.6) is 5.75 Å². The van der Waals surface area contributed by atoms with E-state index in [4.69, 9.17) is 16.3 Å². The van der Waals surface area contributed by atoms with E-state index in [-0.39, 0.29) is 11.8 Å². The van der Waals surface area contributed by atoms with Crippen LogP contribution in [0.4, 0.5) is 11.4 Å². The summed E-state index contributed by atoms with van der Waals surface area (Å²) in [5, 5.41) is 6.29. The Morgan fingerprint density at radius 3 is 2.32 bits per heavy atom. The van der Waals surface area contributed by atoms with Gasteiger partial charge in [0.1, 0.15) is 5.75 Å². The highest BCUT2D eigenvalue weighted by Gasteiger charge is 2.51. The van der Waals surface area contributed by atoms with Crippen LogP contribution in [0.25, 0.3) is 0 Å². The molecule has 1 saturated carbocycles. The van der Waals surface area contributed by atoms with E-state index in [9.17, 15) is 9.59 Å². The standard InChI is InChI=1S/C19H19ClN2O3/c1-12(23)21-15-7-8-17(25-2)16(11-15)22-18(24)19(9-10-19)13-3-5-14(20)6-4-13/h3-8,11H,9-10H2,1-2H3,(H,21,23)(H,22,24). The molecule has 0 heterocycles. The average molecular weight is 359 g/mol.